The molecule has 1 aromatic heterocycles. The molecule has 1 atom stereocenters. The summed E-state index contributed by atoms with van der Waals surface area (Å²) >= 11 is 0. The molecule has 22 heavy (non-hydrogen) atoms. The Bertz CT molecular complexity index is 680. The average Bonchev–Trinajstić information content (AvgIpc) is 3.16. The molecule has 2 aromatic rings. The lowest BCUT2D eigenvalue weighted by Crippen LogP contribution is -2.30. The molecule has 2 heterocycles. The third-order valence-corrected chi connectivity index (χ3v) is 3.88. The first-order valence-electron chi connectivity index (χ1n) is 7.09. The second-order valence-electron chi connectivity index (χ2n) is 5.36. The normalized spacial score (nSPS) is 18.0. The van der Waals surface area contributed by atoms with E-state index >= 15 is 0 Å². The number of nitrogens with two attached hydrogens (primary N) is 1. The molecule has 0 aliphatic carbocycles. The Labute approximate surface area is 126 Å². The molecule has 1 aliphatic rings. The molecule has 3 rings (SSSR count). The summed E-state index contributed by atoms with van der Waals surface area (Å²) < 4.78 is 28.5. The summed E-state index contributed by atoms with van der Waals surface area (Å²) in [4.78, 5) is 14.0. The van der Waals surface area contributed by atoms with Crippen molar-refractivity contribution in [2.24, 2.45) is 11.7 Å². The first-order valence-corrected chi connectivity index (χ1v) is 7.09. The van der Waals surface area contributed by atoms with E-state index in [9.17, 15) is 13.6 Å². The smallest absolute Gasteiger partial charge is 0.274 e. The van der Waals surface area contributed by atoms with Crippen molar-refractivity contribution in [2.75, 3.05) is 19.6 Å². The summed E-state index contributed by atoms with van der Waals surface area (Å²) in [5.41, 5.74) is 5.49. The van der Waals surface area contributed by atoms with E-state index in [4.69, 9.17) is 5.73 Å². The van der Waals surface area contributed by atoms with Gasteiger partial charge in [-0.2, -0.15) is 5.10 Å². The van der Waals surface area contributed by atoms with Crippen molar-refractivity contribution in [3.05, 3.63) is 47.8 Å². The van der Waals surface area contributed by atoms with Crippen molar-refractivity contribution >= 4 is 5.91 Å². The Hall–Kier alpha value is -2.28. The highest BCUT2D eigenvalue weighted by atomic mass is 19.1. The van der Waals surface area contributed by atoms with Crippen molar-refractivity contribution in [1.29, 1.82) is 0 Å². The van der Waals surface area contributed by atoms with Gasteiger partial charge in [-0.15, -0.1) is 0 Å². The third-order valence-electron chi connectivity index (χ3n) is 3.88. The average molecular weight is 306 g/mol. The maximum Gasteiger partial charge on any atom is 0.274 e. The fourth-order valence-corrected chi connectivity index (χ4v) is 2.64. The van der Waals surface area contributed by atoms with Crippen LogP contribution in [-0.4, -0.2) is 40.2 Å². The van der Waals surface area contributed by atoms with Crippen molar-refractivity contribution in [1.82, 2.24) is 14.7 Å². The van der Waals surface area contributed by atoms with Crippen LogP contribution in [0.25, 0.3) is 5.69 Å². The molecule has 0 saturated carbocycles. The van der Waals surface area contributed by atoms with Crippen molar-refractivity contribution < 1.29 is 13.6 Å². The number of rotatable bonds is 3. The molecule has 1 saturated heterocycles. The second-order valence-corrected chi connectivity index (χ2v) is 5.36. The minimum absolute atomic E-state index is 0.167. The minimum Gasteiger partial charge on any atom is -0.337 e. The number of aromatic nitrogens is 2. The first kappa shape index (κ1) is 14.6. The number of likely N-dealkylation sites (tertiary alicyclic amines) is 1. The topological polar surface area (TPSA) is 64.2 Å². The molecule has 7 heteroatoms. The van der Waals surface area contributed by atoms with E-state index in [2.05, 4.69) is 5.10 Å². The Morgan fingerprint density at radius 1 is 1.32 bits per heavy atom. The van der Waals surface area contributed by atoms with Crippen molar-refractivity contribution in [3.63, 3.8) is 0 Å². The molecule has 1 aliphatic heterocycles. The van der Waals surface area contributed by atoms with Crippen LogP contribution in [-0.2, 0) is 0 Å². The molecule has 0 bridgehead atoms. The zero-order chi connectivity index (χ0) is 15.7. The molecule has 1 aromatic carbocycles. The maximum absolute atomic E-state index is 13.7. The van der Waals surface area contributed by atoms with Gasteiger partial charge < -0.3 is 10.6 Å². The summed E-state index contributed by atoms with van der Waals surface area (Å²) in [6, 6.07) is 5.03. The first-order chi connectivity index (χ1) is 10.6. The predicted molar refractivity (Wildman–Crippen MR) is 76.5 cm³/mol. The van der Waals surface area contributed by atoms with Crippen LogP contribution in [0.4, 0.5) is 8.78 Å². The lowest BCUT2D eigenvalue weighted by Gasteiger charge is -2.14. The van der Waals surface area contributed by atoms with E-state index in [0.29, 0.717) is 25.6 Å². The summed E-state index contributed by atoms with van der Waals surface area (Å²) in [7, 11) is 0. The van der Waals surface area contributed by atoms with Crippen LogP contribution in [0.1, 0.15) is 16.9 Å². The summed E-state index contributed by atoms with van der Waals surface area (Å²) in [6.45, 7) is 1.76. The molecular formula is C15H16F2N4O. The van der Waals surface area contributed by atoms with Gasteiger partial charge in [0.05, 0.1) is 0 Å². The lowest BCUT2D eigenvalue weighted by molar-refractivity contribution is 0.0781. The molecule has 1 fully saturated rings. The number of carbonyl (C=O) groups is 1. The van der Waals surface area contributed by atoms with Gasteiger partial charge in [0.1, 0.15) is 5.69 Å². The van der Waals surface area contributed by atoms with E-state index in [1.54, 1.807) is 4.90 Å². The molecule has 116 valence electrons. The van der Waals surface area contributed by atoms with Crippen LogP contribution in [0.15, 0.2) is 30.5 Å². The van der Waals surface area contributed by atoms with Crippen LogP contribution in [0.5, 0.6) is 0 Å². The van der Waals surface area contributed by atoms with E-state index in [1.165, 1.54) is 18.3 Å². The van der Waals surface area contributed by atoms with Gasteiger partial charge in [-0.05, 0) is 37.1 Å². The highest BCUT2D eigenvalue weighted by molar-refractivity contribution is 5.92. The fourth-order valence-electron chi connectivity index (χ4n) is 2.64. The van der Waals surface area contributed by atoms with Gasteiger partial charge in [0, 0.05) is 19.3 Å². The van der Waals surface area contributed by atoms with Gasteiger partial charge in [0.2, 0.25) is 0 Å². The van der Waals surface area contributed by atoms with Crippen molar-refractivity contribution in [3.8, 4) is 5.69 Å². The molecule has 0 unspecified atom stereocenters. The molecule has 1 amide bonds. The van der Waals surface area contributed by atoms with Gasteiger partial charge in [-0.25, -0.2) is 13.5 Å². The standard InChI is InChI=1S/C15H16F2N4O/c16-11-2-1-3-12(17)14(11)21-7-5-13(19-21)15(22)20-6-4-10(8-18)9-20/h1-3,5,7,10H,4,6,8-9,18H2/t10-/m0/s1. The van der Waals surface area contributed by atoms with E-state index in [-0.39, 0.29) is 17.3 Å². The van der Waals surface area contributed by atoms with E-state index in [0.717, 1.165) is 23.2 Å². The largest absolute Gasteiger partial charge is 0.337 e. The summed E-state index contributed by atoms with van der Waals surface area (Å²) in [5, 5.41) is 4.01. The molecular weight excluding hydrogens is 290 g/mol. The third kappa shape index (κ3) is 2.59. The molecule has 0 radical (unpaired) electrons. The zero-order valence-corrected chi connectivity index (χ0v) is 11.9. The fraction of sp³-hybridized carbons (Fsp3) is 0.333. The molecule has 2 N–H and O–H groups in total. The number of halogens is 2. The Kier molecular flexibility index (Phi) is 3.89. The summed E-state index contributed by atoms with van der Waals surface area (Å²) in [5.74, 6) is -1.40. The molecule has 0 spiro atoms. The number of hydrogen-bond donors (Lipinski definition) is 1. The van der Waals surface area contributed by atoms with Gasteiger partial charge in [-0.3, -0.25) is 4.79 Å². The highest BCUT2D eigenvalue weighted by Crippen LogP contribution is 2.19. The number of nitrogens with zero attached hydrogens (tertiary/aromatic N) is 3. The van der Waals surface area contributed by atoms with Gasteiger partial charge in [0.25, 0.3) is 5.91 Å². The number of carbonyl (C=O) groups excluding carboxylic acids is 1. The van der Waals surface area contributed by atoms with Crippen molar-refractivity contribution in [2.45, 2.75) is 6.42 Å². The SMILES string of the molecule is NC[C@@H]1CCN(C(=O)c2ccn(-c3c(F)cccc3F)n2)C1. The number of para-hydroxylation sites is 1. The molecule has 5 nitrogen and oxygen atoms in total. The van der Waals surface area contributed by atoms with E-state index < -0.39 is 11.6 Å². The van der Waals surface area contributed by atoms with Gasteiger partial charge >= 0.3 is 0 Å². The van der Waals surface area contributed by atoms with Crippen LogP contribution >= 0.6 is 0 Å². The minimum atomic E-state index is -0.730. The van der Waals surface area contributed by atoms with Crippen LogP contribution in [0.3, 0.4) is 0 Å². The van der Waals surface area contributed by atoms with Crippen LogP contribution in [0, 0.1) is 17.6 Å². The van der Waals surface area contributed by atoms with Gasteiger partial charge in [-0.1, -0.05) is 6.07 Å². The number of amides is 1. The maximum atomic E-state index is 13.7. The second kappa shape index (κ2) is 5.84. The zero-order valence-electron chi connectivity index (χ0n) is 11.9. The lowest BCUT2D eigenvalue weighted by atomic mass is 10.1. The number of hydrogen-bond acceptors (Lipinski definition) is 3. The monoisotopic (exact) mass is 306 g/mol. The van der Waals surface area contributed by atoms with Crippen LogP contribution in [0.2, 0.25) is 0 Å². The van der Waals surface area contributed by atoms with Crippen LogP contribution < -0.4 is 5.73 Å². The highest BCUT2D eigenvalue weighted by Gasteiger charge is 2.27. The Morgan fingerprint density at radius 3 is 2.68 bits per heavy atom. The van der Waals surface area contributed by atoms with E-state index in [1.807, 2.05) is 0 Å². The van der Waals surface area contributed by atoms with Gasteiger partial charge in [0.15, 0.2) is 17.3 Å². The Morgan fingerprint density at radius 2 is 2.05 bits per heavy atom. The number of benzene rings is 1. The quantitative estimate of drug-likeness (QED) is 0.936. The Balaban J connectivity index is 1.84. The predicted octanol–water partition coefficient (Wildman–Crippen LogP) is 1.57. The summed E-state index contributed by atoms with van der Waals surface area (Å²) in [6.07, 6.45) is 2.25.